The predicted molar refractivity (Wildman–Crippen MR) is 88.3 cm³/mol. The van der Waals surface area contributed by atoms with Gasteiger partial charge in [0.25, 0.3) is 0 Å². The Balaban J connectivity index is 1.94. The summed E-state index contributed by atoms with van der Waals surface area (Å²) >= 11 is 2.79. The average Bonchev–Trinajstić information content (AvgIpc) is 3.03. The van der Waals surface area contributed by atoms with Crippen molar-refractivity contribution < 1.29 is 14.3 Å². The smallest absolute Gasteiger partial charge is 0.355 e. The number of ether oxygens (including phenoxy) is 1. The molecule has 122 valence electrons. The molecule has 0 aliphatic carbocycles. The molecule has 1 saturated heterocycles. The molecule has 0 aromatic carbocycles. The van der Waals surface area contributed by atoms with Gasteiger partial charge in [-0.25, -0.2) is 4.79 Å². The number of carbonyl (C=O) groups excluding carboxylic acids is 2. The van der Waals surface area contributed by atoms with E-state index >= 15 is 0 Å². The molecule has 1 aromatic rings. The zero-order valence-electron chi connectivity index (χ0n) is 12.6. The normalized spacial score (nSPS) is 24.2. The molecule has 3 heterocycles. The van der Waals surface area contributed by atoms with Gasteiger partial charge in [-0.05, 0) is 37.0 Å². The highest BCUT2D eigenvalue weighted by Crippen LogP contribution is 2.40. The maximum Gasteiger partial charge on any atom is 0.355 e. The van der Waals surface area contributed by atoms with Gasteiger partial charge in [-0.15, -0.1) is 16.9 Å². The fourth-order valence-electron chi connectivity index (χ4n) is 2.36. The first kappa shape index (κ1) is 16.2. The van der Waals surface area contributed by atoms with Crippen LogP contribution in [0.4, 0.5) is 0 Å². The molecule has 0 saturated carbocycles. The molecule has 2 N–H and O–H groups in total. The van der Waals surface area contributed by atoms with E-state index in [1.54, 1.807) is 31.4 Å². The van der Waals surface area contributed by atoms with Crippen molar-refractivity contribution in [3.05, 3.63) is 28.4 Å². The third kappa shape index (κ3) is 3.04. The molecule has 0 spiro atoms. The summed E-state index contributed by atoms with van der Waals surface area (Å²) < 4.78 is 9.08. The molecule has 2 aliphatic rings. The van der Waals surface area contributed by atoms with E-state index in [1.165, 1.54) is 28.2 Å². The molecule has 1 aromatic heterocycles. The molecule has 2 unspecified atom stereocenters. The molecule has 0 bridgehead atoms. The van der Waals surface area contributed by atoms with E-state index in [4.69, 9.17) is 10.5 Å². The number of allylic oxidation sites excluding steroid dienone is 1. The van der Waals surface area contributed by atoms with E-state index in [0.29, 0.717) is 11.4 Å². The highest BCUT2D eigenvalue weighted by atomic mass is 32.2. The van der Waals surface area contributed by atoms with E-state index in [0.717, 1.165) is 5.57 Å². The maximum absolute atomic E-state index is 12.4. The number of β-lactam (4-membered cyclic amide) rings is 1. The van der Waals surface area contributed by atoms with Crippen LogP contribution in [0.25, 0.3) is 6.08 Å². The fraction of sp³-hybridized carbons (Fsp3) is 0.429. The first-order valence-electron chi connectivity index (χ1n) is 7.08. The summed E-state index contributed by atoms with van der Waals surface area (Å²) in [6, 6.07) is -0.560. The molecular formula is C14H16N4O3S2. The number of hydrogen-bond donors (Lipinski definition) is 1. The first-order chi connectivity index (χ1) is 11.0. The highest BCUT2D eigenvalue weighted by molar-refractivity contribution is 8.00. The van der Waals surface area contributed by atoms with Crippen molar-refractivity contribution in [1.82, 2.24) is 14.5 Å². The van der Waals surface area contributed by atoms with Gasteiger partial charge >= 0.3 is 5.97 Å². The topological polar surface area (TPSA) is 98.4 Å². The van der Waals surface area contributed by atoms with Crippen molar-refractivity contribution in [2.45, 2.75) is 31.4 Å². The number of nitrogens with zero attached hydrogens (tertiary/aromatic N) is 3. The molecule has 23 heavy (non-hydrogen) atoms. The molecular weight excluding hydrogens is 336 g/mol. The summed E-state index contributed by atoms with van der Waals surface area (Å²) in [6.45, 7) is 3.54. The van der Waals surface area contributed by atoms with Crippen molar-refractivity contribution in [3.63, 3.8) is 0 Å². The summed E-state index contributed by atoms with van der Waals surface area (Å²) in [5, 5.41) is 5.53. The highest BCUT2D eigenvalue weighted by Gasteiger charge is 2.51. The van der Waals surface area contributed by atoms with E-state index in [-0.39, 0.29) is 23.1 Å². The molecule has 3 rings (SSSR count). The standard InChI is InChI=1S/C14H16N4O3S2/c1-7(2)21-14(20)11-8(3-4-9-6-23-17-16-9)5-22-13-10(15)12(19)18(11)13/h3-4,6-7,10,13H,5,15H2,1-2H3/b4-3-. The molecule has 2 aliphatic heterocycles. The summed E-state index contributed by atoms with van der Waals surface area (Å²) in [5.41, 5.74) is 7.53. The summed E-state index contributed by atoms with van der Waals surface area (Å²) in [6.07, 6.45) is 3.29. The van der Waals surface area contributed by atoms with Gasteiger partial charge in [0.05, 0.1) is 11.8 Å². The molecule has 1 fully saturated rings. The van der Waals surface area contributed by atoms with Crippen molar-refractivity contribution in [3.8, 4) is 0 Å². The van der Waals surface area contributed by atoms with E-state index in [1.807, 2.05) is 0 Å². The minimum absolute atomic E-state index is 0.199. The van der Waals surface area contributed by atoms with Crippen LogP contribution in [0.3, 0.4) is 0 Å². The Morgan fingerprint density at radius 2 is 2.30 bits per heavy atom. The van der Waals surface area contributed by atoms with E-state index in [9.17, 15) is 9.59 Å². The number of thioether (sulfide) groups is 1. The number of carbonyl (C=O) groups is 2. The first-order valence-corrected chi connectivity index (χ1v) is 8.97. The van der Waals surface area contributed by atoms with Gasteiger partial charge in [0, 0.05) is 11.1 Å². The number of fused-ring (bicyclic) bond motifs is 1. The van der Waals surface area contributed by atoms with Crippen LogP contribution in [0.1, 0.15) is 19.5 Å². The Labute approximate surface area is 141 Å². The Bertz CT molecular complexity index is 684. The SMILES string of the molecule is CC(C)OC(=O)C1=C(/C=C\c2csnn2)CSC2C(N)C(=O)N12. The van der Waals surface area contributed by atoms with Gasteiger partial charge < -0.3 is 10.5 Å². The van der Waals surface area contributed by atoms with Gasteiger partial charge in [-0.3, -0.25) is 9.69 Å². The lowest BCUT2D eigenvalue weighted by Crippen LogP contribution is -2.68. The van der Waals surface area contributed by atoms with Crippen LogP contribution in [0.2, 0.25) is 0 Å². The third-order valence-electron chi connectivity index (χ3n) is 3.41. The maximum atomic E-state index is 12.4. The average molecular weight is 352 g/mol. The fourth-order valence-corrected chi connectivity index (χ4v) is 4.04. The lowest BCUT2D eigenvalue weighted by molar-refractivity contribution is -0.152. The third-order valence-corrected chi connectivity index (χ3v) is 5.25. The minimum Gasteiger partial charge on any atom is -0.458 e. The molecule has 2 atom stereocenters. The zero-order chi connectivity index (χ0) is 16.6. The van der Waals surface area contributed by atoms with Crippen molar-refractivity contribution in [2.24, 2.45) is 5.73 Å². The summed E-state index contributed by atoms with van der Waals surface area (Å²) in [5.74, 6) is -0.167. The lowest BCUT2D eigenvalue weighted by atomic mass is 10.0. The Kier molecular flexibility index (Phi) is 4.51. The number of rotatable bonds is 4. The van der Waals surface area contributed by atoms with Crippen LogP contribution in [0.5, 0.6) is 0 Å². The van der Waals surface area contributed by atoms with Crippen LogP contribution >= 0.6 is 23.3 Å². The second kappa shape index (κ2) is 6.42. The van der Waals surface area contributed by atoms with Crippen LogP contribution < -0.4 is 5.73 Å². The van der Waals surface area contributed by atoms with Crippen LogP contribution in [0, 0.1) is 0 Å². The number of nitrogens with two attached hydrogens (primary N) is 1. The van der Waals surface area contributed by atoms with Gasteiger partial charge in [0.2, 0.25) is 5.91 Å². The van der Waals surface area contributed by atoms with Crippen molar-refractivity contribution in [1.29, 1.82) is 0 Å². The van der Waals surface area contributed by atoms with Crippen molar-refractivity contribution in [2.75, 3.05) is 5.75 Å². The Morgan fingerprint density at radius 3 is 2.96 bits per heavy atom. The molecule has 1 amide bonds. The lowest BCUT2D eigenvalue weighted by Gasteiger charge is -2.48. The monoisotopic (exact) mass is 352 g/mol. The largest absolute Gasteiger partial charge is 0.458 e. The van der Waals surface area contributed by atoms with E-state index in [2.05, 4.69) is 9.59 Å². The zero-order valence-corrected chi connectivity index (χ0v) is 14.3. The minimum atomic E-state index is -0.560. The van der Waals surface area contributed by atoms with Crippen LogP contribution in [0.15, 0.2) is 22.7 Å². The molecule has 9 heteroatoms. The summed E-state index contributed by atoms with van der Waals surface area (Å²) in [4.78, 5) is 26.0. The number of hydrogen-bond acceptors (Lipinski definition) is 8. The van der Waals surface area contributed by atoms with Crippen molar-refractivity contribution >= 4 is 41.2 Å². The Hall–Kier alpha value is -1.71. The molecule has 7 nitrogen and oxygen atoms in total. The number of esters is 1. The number of amides is 1. The Morgan fingerprint density at radius 1 is 1.52 bits per heavy atom. The van der Waals surface area contributed by atoms with Gasteiger partial charge in [0.15, 0.2) is 0 Å². The van der Waals surface area contributed by atoms with Crippen LogP contribution in [-0.2, 0) is 14.3 Å². The summed E-state index contributed by atoms with van der Waals surface area (Å²) in [7, 11) is 0. The molecule has 0 radical (unpaired) electrons. The van der Waals surface area contributed by atoms with Gasteiger partial charge in [-0.2, -0.15) is 0 Å². The predicted octanol–water partition coefficient (Wildman–Crippen LogP) is 0.999. The second-order valence-corrected chi connectivity index (χ2v) is 7.14. The quantitative estimate of drug-likeness (QED) is 0.637. The van der Waals surface area contributed by atoms with E-state index < -0.39 is 12.0 Å². The number of aromatic nitrogens is 2. The van der Waals surface area contributed by atoms with Crippen LogP contribution in [-0.4, -0.2) is 49.6 Å². The van der Waals surface area contributed by atoms with Gasteiger partial charge in [-0.1, -0.05) is 10.6 Å². The van der Waals surface area contributed by atoms with Gasteiger partial charge in [0.1, 0.15) is 17.1 Å². The second-order valence-electron chi connectivity index (χ2n) is 5.43.